The van der Waals surface area contributed by atoms with Crippen LogP contribution in [0.1, 0.15) is 217 Å². The van der Waals surface area contributed by atoms with E-state index in [1.54, 1.807) is 46.8 Å². The number of piperidine rings is 1. The van der Waals surface area contributed by atoms with E-state index in [1.165, 1.54) is 69.5 Å². The third kappa shape index (κ3) is 22.4. The summed E-state index contributed by atoms with van der Waals surface area (Å²) in [7, 11) is 10.6. The van der Waals surface area contributed by atoms with E-state index in [9.17, 15) is 28.8 Å². The molecule has 3 saturated heterocycles. The Hall–Kier alpha value is -5.67. The molecule has 0 radical (unpaired) electrons. The van der Waals surface area contributed by atoms with Crippen LogP contribution < -0.4 is 21.3 Å². The van der Waals surface area contributed by atoms with Gasteiger partial charge in [-0.15, -0.1) is 0 Å². The molecule has 6 fully saturated rings. The molecule has 3 heterocycles. The molecule has 12 amide bonds. The lowest BCUT2D eigenvalue weighted by Gasteiger charge is -2.45. The number of likely N-dealkylation sites (tertiary alicyclic amines) is 1. The number of fused-ring (bicyclic) bond motifs is 1. The zero-order valence-electron chi connectivity index (χ0n) is 64.2. The molecule has 0 spiro atoms. The van der Waals surface area contributed by atoms with Crippen molar-refractivity contribution in [2.45, 2.75) is 287 Å². The number of hydrogen-bond donors (Lipinski definition) is 4. The zero-order chi connectivity index (χ0) is 75.1. The van der Waals surface area contributed by atoms with Crippen molar-refractivity contribution in [2.75, 3.05) is 75.6 Å². The number of halogens is 1. The molecule has 3 aliphatic carbocycles. The molecule has 572 valence electrons. The lowest BCUT2D eigenvalue weighted by atomic mass is 9.79. The van der Waals surface area contributed by atoms with Gasteiger partial charge in [-0.05, 0) is 159 Å². The Morgan fingerprint density at radius 3 is 1.74 bits per heavy atom. The SMILES string of the molecule is CC[C@H](C)[C@@H]1NC(=O)[C@H](CC(C)C)N(C)C(=O)C[C@@H](C(=O)N2CCCCC2)N(C)C(=O)[C@H](CC(C)C)NC(=O)C(C)(C)N(C)C(=O)[C@H](CC2CCC(OC)CC2)NC(=O)[C@H](CC2CCCC(I)C2)NC(=O)CN(C)C(=O)[C@H](CC2CCC(C)CC2)N(C)C(=O)[C@@H]2CCN2C(=O)[C@H](C)N(C)C1=O. The molecule has 6 rings (SSSR count). The lowest BCUT2D eigenvalue weighted by molar-refractivity contribution is -0.160. The summed E-state index contributed by atoms with van der Waals surface area (Å²) in [5.41, 5.74) is -1.68. The van der Waals surface area contributed by atoms with E-state index in [0.717, 1.165) is 70.6 Å². The van der Waals surface area contributed by atoms with E-state index in [2.05, 4.69) is 50.8 Å². The molecule has 0 aromatic heterocycles. The minimum absolute atomic E-state index is 0.0330. The van der Waals surface area contributed by atoms with E-state index in [4.69, 9.17) is 4.74 Å². The Labute approximate surface area is 616 Å². The van der Waals surface area contributed by atoms with Crippen LogP contribution in [-0.4, -0.2) is 256 Å². The minimum atomic E-state index is -1.68. The van der Waals surface area contributed by atoms with Crippen molar-refractivity contribution in [3.05, 3.63) is 0 Å². The van der Waals surface area contributed by atoms with Gasteiger partial charge in [-0.25, -0.2) is 0 Å². The van der Waals surface area contributed by atoms with Crippen LogP contribution in [0.5, 0.6) is 0 Å². The third-order valence-electron chi connectivity index (χ3n) is 23.5. The summed E-state index contributed by atoms with van der Waals surface area (Å²) < 4.78 is 6.05. The van der Waals surface area contributed by atoms with Gasteiger partial charge in [0.2, 0.25) is 70.9 Å². The van der Waals surface area contributed by atoms with Crippen LogP contribution in [0.4, 0.5) is 0 Å². The van der Waals surface area contributed by atoms with Gasteiger partial charge in [0.05, 0.1) is 19.1 Å². The van der Waals surface area contributed by atoms with Crippen LogP contribution in [0, 0.1) is 41.4 Å². The maximum atomic E-state index is 15.5. The summed E-state index contributed by atoms with van der Waals surface area (Å²) in [4.78, 5) is 191. The Balaban J connectivity index is 1.44. The van der Waals surface area contributed by atoms with Crippen LogP contribution in [0.25, 0.3) is 0 Å². The van der Waals surface area contributed by atoms with Crippen LogP contribution in [0.2, 0.25) is 0 Å². The van der Waals surface area contributed by atoms with Crippen LogP contribution in [0.15, 0.2) is 0 Å². The van der Waals surface area contributed by atoms with E-state index >= 15 is 28.8 Å². The van der Waals surface area contributed by atoms with Gasteiger partial charge >= 0.3 is 0 Å². The third-order valence-corrected chi connectivity index (χ3v) is 24.6. The molecule has 12 atom stereocenters. The monoisotopic (exact) mass is 1530 g/mol. The molecule has 101 heavy (non-hydrogen) atoms. The number of nitrogens with one attached hydrogen (secondary N) is 4. The average Bonchev–Trinajstić information content (AvgIpc) is 0.785. The van der Waals surface area contributed by atoms with Crippen molar-refractivity contribution in [1.29, 1.82) is 0 Å². The van der Waals surface area contributed by atoms with Gasteiger partial charge in [0.15, 0.2) is 0 Å². The number of carbonyl (C=O) groups excluding carboxylic acids is 12. The fraction of sp³-hybridized carbons (Fsp3) is 0.840. The number of hydrogen-bond acceptors (Lipinski definition) is 13. The quantitative estimate of drug-likeness (QED) is 0.110. The summed E-state index contributed by atoms with van der Waals surface area (Å²) in [5.74, 6) is -7.19. The zero-order valence-corrected chi connectivity index (χ0v) is 66.4. The van der Waals surface area contributed by atoms with Crippen LogP contribution in [-0.2, 0) is 62.3 Å². The Morgan fingerprint density at radius 1 is 0.564 bits per heavy atom. The first-order chi connectivity index (χ1) is 47.5. The first kappa shape index (κ1) is 84.3. The number of likely N-dealkylation sites (N-methyl/N-ethyl adjacent to an activating group) is 6. The molecule has 4 N–H and O–H groups in total. The maximum Gasteiger partial charge on any atom is 0.246 e. The molecule has 3 saturated carbocycles. The predicted octanol–water partition coefficient (Wildman–Crippen LogP) is 6.30. The molecular formula is C75H127IN12O13. The van der Waals surface area contributed by atoms with Gasteiger partial charge < -0.3 is 65.2 Å². The van der Waals surface area contributed by atoms with E-state index in [-0.39, 0.29) is 67.9 Å². The lowest BCUT2D eigenvalue weighted by Crippen LogP contribution is -2.65. The topological polar surface area (TPSA) is 288 Å². The highest BCUT2D eigenvalue weighted by molar-refractivity contribution is 14.1. The second-order valence-corrected chi connectivity index (χ2v) is 34.1. The van der Waals surface area contributed by atoms with Gasteiger partial charge in [-0.3, -0.25) is 57.5 Å². The van der Waals surface area contributed by atoms with Crippen molar-refractivity contribution in [1.82, 2.24) is 60.5 Å². The number of methoxy groups -OCH3 is 1. The van der Waals surface area contributed by atoms with E-state index in [1.807, 2.05) is 34.6 Å². The highest BCUT2D eigenvalue weighted by Gasteiger charge is 2.48. The van der Waals surface area contributed by atoms with E-state index < -0.39 is 150 Å². The second-order valence-electron chi connectivity index (χ2n) is 32.3. The van der Waals surface area contributed by atoms with E-state index in [0.29, 0.717) is 67.9 Å². The number of nitrogens with zero attached hydrogens (tertiary/aromatic N) is 8. The average molecular weight is 1530 g/mol. The molecule has 26 heteroatoms. The van der Waals surface area contributed by atoms with Crippen LogP contribution >= 0.6 is 22.6 Å². The van der Waals surface area contributed by atoms with Gasteiger partial charge in [-0.1, -0.05) is 116 Å². The Kier molecular flexibility index (Phi) is 32.0. The summed E-state index contributed by atoms with van der Waals surface area (Å²) in [6, 6.07) is -10.4. The number of ether oxygens (including phenoxy) is 1. The normalized spacial score (nSPS) is 32.2. The van der Waals surface area contributed by atoms with Gasteiger partial charge in [0, 0.05) is 73.0 Å². The highest BCUT2D eigenvalue weighted by atomic mass is 127. The first-order valence-corrected chi connectivity index (χ1v) is 39.3. The maximum absolute atomic E-state index is 15.5. The molecule has 0 aromatic carbocycles. The van der Waals surface area contributed by atoms with Crippen molar-refractivity contribution in [3.63, 3.8) is 0 Å². The van der Waals surface area contributed by atoms with Crippen molar-refractivity contribution >= 4 is 93.5 Å². The number of amides is 12. The van der Waals surface area contributed by atoms with Gasteiger partial charge in [0.1, 0.15) is 59.9 Å². The fourth-order valence-corrected chi connectivity index (χ4v) is 16.9. The Bertz CT molecular complexity index is 2880. The number of carbonyl (C=O) groups is 12. The molecule has 6 aliphatic rings. The summed E-state index contributed by atoms with van der Waals surface area (Å²) in [5, 5.41) is 12.0. The molecule has 25 nitrogen and oxygen atoms in total. The second kappa shape index (κ2) is 38.4. The minimum Gasteiger partial charge on any atom is -0.381 e. The summed E-state index contributed by atoms with van der Waals surface area (Å²) in [6.07, 6.45) is 13.5. The van der Waals surface area contributed by atoms with Crippen molar-refractivity contribution in [3.8, 4) is 0 Å². The largest absolute Gasteiger partial charge is 0.381 e. The molecule has 2 unspecified atom stereocenters. The van der Waals surface area contributed by atoms with Gasteiger partial charge in [0.25, 0.3) is 0 Å². The predicted molar refractivity (Wildman–Crippen MR) is 395 cm³/mol. The van der Waals surface area contributed by atoms with Crippen LogP contribution in [0.3, 0.4) is 0 Å². The first-order valence-electron chi connectivity index (χ1n) is 38.1. The standard InChI is InChI=1S/C75H127IN12O13/c1-18-48(7)64-73(99)82(12)49(8)67(93)88-36-33-58(88)71(97)85(15)60(42-51-27-25-47(6)26-28-51)70(96)81(11)44-62(89)77-55(41-52-23-22-24-53(76)39-52)65(91)78-57(40-50-29-31-54(101-17)32-30-50)69(95)86(16)75(9,10)74(100)79-56(37-45(2)3)68(94)84(14)61(72(98)87-34-20-19-21-35-87)43-63(90)83(13)59(38-46(4)5)66(92)80-64/h45-61,64H,18-44H2,1-17H3,(H,77,89)(H,78,91)(H,79,100)(H,80,92)/t47?,48-,49-,50?,51?,52?,53?,54?,55-,56-,57-,58-,59-,60-,61-,64-/m0/s1. The molecule has 3 aliphatic heterocycles. The van der Waals surface area contributed by atoms with Crippen molar-refractivity contribution in [2.24, 2.45) is 41.4 Å². The number of alkyl halides is 1. The Morgan fingerprint density at radius 2 is 1.17 bits per heavy atom. The highest BCUT2D eigenvalue weighted by Crippen LogP contribution is 2.36. The number of rotatable bonds is 14. The van der Waals surface area contributed by atoms with Gasteiger partial charge in [-0.2, -0.15) is 0 Å². The smallest absolute Gasteiger partial charge is 0.246 e. The summed E-state index contributed by atoms with van der Waals surface area (Å²) >= 11 is 2.43. The molecule has 0 aromatic rings. The van der Waals surface area contributed by atoms with Crippen molar-refractivity contribution < 1.29 is 62.3 Å². The molecule has 0 bridgehead atoms. The molecular weight excluding hydrogens is 1400 g/mol. The summed E-state index contributed by atoms with van der Waals surface area (Å²) in [6.45, 7) is 18.6. The fourth-order valence-electron chi connectivity index (χ4n) is 15.7.